The molecule has 6 nitrogen and oxygen atoms in total. The molecule has 0 radical (unpaired) electrons. The Morgan fingerprint density at radius 2 is 2.50 bits per heavy atom. The Morgan fingerprint density at radius 1 is 1.75 bits per heavy atom. The van der Waals surface area contributed by atoms with Crippen molar-refractivity contribution in [3.63, 3.8) is 0 Å². The maximum atomic E-state index is 5.15. The van der Waals surface area contributed by atoms with Gasteiger partial charge in [-0.15, -0.1) is 0 Å². The van der Waals surface area contributed by atoms with E-state index in [0.717, 1.165) is 4.85 Å². The maximum absolute atomic E-state index is 5.15. The first-order valence-electron chi connectivity index (χ1n) is 1.93. The highest BCUT2D eigenvalue weighted by atomic mass is 16.7. The highest BCUT2D eigenvalue weighted by Crippen LogP contribution is 1.83. The Morgan fingerprint density at radius 3 is 2.75 bits per heavy atom. The molecule has 0 aliphatic heterocycles. The predicted molar refractivity (Wildman–Crippen MR) is 24.7 cm³/mol. The Hall–Kier alpha value is -1.33. The molecule has 1 aromatic heterocycles. The van der Waals surface area contributed by atoms with Crippen molar-refractivity contribution in [1.29, 1.82) is 0 Å². The molecule has 6 heteroatoms. The van der Waals surface area contributed by atoms with E-state index in [1.807, 2.05) is 0 Å². The number of aromatic nitrogens is 4. The van der Waals surface area contributed by atoms with Crippen LogP contribution in [0.1, 0.15) is 0 Å². The average molecular weight is 115 g/mol. The molecule has 0 fully saturated rings. The van der Waals surface area contributed by atoms with Crippen LogP contribution in [0.5, 0.6) is 0 Å². The molecule has 0 saturated carbocycles. The van der Waals surface area contributed by atoms with E-state index in [4.69, 9.17) is 5.73 Å². The Bertz CT molecular complexity index is 171. The number of rotatable bonds is 1. The molecule has 0 amide bonds. The second kappa shape index (κ2) is 1.65. The quantitative estimate of drug-likeness (QED) is 0.472. The van der Waals surface area contributed by atoms with Crippen molar-refractivity contribution in [3.8, 4) is 0 Å². The zero-order chi connectivity index (χ0) is 5.98. The maximum Gasteiger partial charge on any atom is 0.278 e. The van der Waals surface area contributed by atoms with Crippen molar-refractivity contribution >= 4 is 5.95 Å². The number of tetrazole rings is 1. The van der Waals surface area contributed by atoms with Gasteiger partial charge in [-0.1, -0.05) is 5.10 Å². The van der Waals surface area contributed by atoms with Crippen LogP contribution in [0.15, 0.2) is 0 Å². The van der Waals surface area contributed by atoms with Crippen LogP contribution in [0.2, 0.25) is 0 Å². The summed E-state index contributed by atoms with van der Waals surface area (Å²) in [5, 5.41) is 9.89. The molecular formula is C2H5N5O. The standard InChI is InChI=1S/C2H5N5O/c1-8-7-2(3)4-5-6-7/h1H3,(H2,3,4,6). The summed E-state index contributed by atoms with van der Waals surface area (Å²) in [4.78, 5) is 5.55. The zero-order valence-corrected chi connectivity index (χ0v) is 4.27. The second-order valence-electron chi connectivity index (χ2n) is 1.09. The van der Waals surface area contributed by atoms with Gasteiger partial charge in [0.2, 0.25) is 0 Å². The minimum Gasteiger partial charge on any atom is -0.396 e. The van der Waals surface area contributed by atoms with Gasteiger partial charge in [0.15, 0.2) is 0 Å². The lowest BCUT2D eigenvalue weighted by atomic mass is 11.1. The molecule has 0 aromatic carbocycles. The van der Waals surface area contributed by atoms with E-state index in [1.165, 1.54) is 7.11 Å². The molecule has 1 heterocycles. The van der Waals surface area contributed by atoms with Crippen LogP contribution in [-0.2, 0) is 0 Å². The van der Waals surface area contributed by atoms with Crippen LogP contribution in [0, 0.1) is 0 Å². The fourth-order valence-electron chi connectivity index (χ4n) is 0.316. The van der Waals surface area contributed by atoms with E-state index in [2.05, 4.69) is 20.4 Å². The highest BCUT2D eigenvalue weighted by molar-refractivity contribution is 5.07. The van der Waals surface area contributed by atoms with Crippen LogP contribution >= 0.6 is 0 Å². The first kappa shape index (κ1) is 4.82. The van der Waals surface area contributed by atoms with Crippen molar-refractivity contribution in [2.24, 2.45) is 0 Å². The van der Waals surface area contributed by atoms with E-state index in [1.54, 1.807) is 0 Å². The SMILES string of the molecule is COn1nnnc1N. The second-order valence-corrected chi connectivity index (χ2v) is 1.09. The molecular weight excluding hydrogens is 110 g/mol. The van der Waals surface area contributed by atoms with Crippen molar-refractivity contribution in [2.75, 3.05) is 12.8 Å². The molecule has 1 aromatic rings. The monoisotopic (exact) mass is 115 g/mol. The molecule has 8 heavy (non-hydrogen) atoms. The van der Waals surface area contributed by atoms with E-state index in [-0.39, 0.29) is 5.95 Å². The van der Waals surface area contributed by atoms with E-state index < -0.39 is 0 Å². The van der Waals surface area contributed by atoms with Gasteiger partial charge < -0.3 is 10.6 Å². The topological polar surface area (TPSA) is 78.8 Å². The third kappa shape index (κ3) is 0.552. The Kier molecular flexibility index (Phi) is 0.991. The number of anilines is 1. The fraction of sp³-hybridized carbons (Fsp3) is 0.500. The summed E-state index contributed by atoms with van der Waals surface area (Å²) in [6, 6.07) is 0. The normalized spacial score (nSPS) is 9.12. The lowest BCUT2D eigenvalue weighted by Gasteiger charge is -1.92. The highest BCUT2D eigenvalue weighted by Gasteiger charge is 1.95. The summed E-state index contributed by atoms with van der Waals surface area (Å²) < 4.78 is 0. The Balaban J connectivity index is 2.92. The van der Waals surface area contributed by atoms with Crippen LogP contribution in [-0.4, -0.2) is 27.5 Å². The van der Waals surface area contributed by atoms with Crippen molar-refractivity contribution in [2.45, 2.75) is 0 Å². The lowest BCUT2D eigenvalue weighted by Crippen LogP contribution is -2.10. The van der Waals surface area contributed by atoms with E-state index >= 15 is 0 Å². The minimum absolute atomic E-state index is 0.146. The number of nitrogens with two attached hydrogens (primary N) is 1. The van der Waals surface area contributed by atoms with Gasteiger partial charge in [0.25, 0.3) is 5.95 Å². The lowest BCUT2D eigenvalue weighted by molar-refractivity contribution is 0.134. The third-order valence-electron chi connectivity index (χ3n) is 0.637. The number of hydrogen-bond acceptors (Lipinski definition) is 5. The summed E-state index contributed by atoms with van der Waals surface area (Å²) in [5.74, 6) is 0.146. The summed E-state index contributed by atoms with van der Waals surface area (Å²) in [7, 11) is 1.42. The smallest absolute Gasteiger partial charge is 0.278 e. The summed E-state index contributed by atoms with van der Waals surface area (Å²) in [5.41, 5.74) is 5.15. The summed E-state index contributed by atoms with van der Waals surface area (Å²) in [6.45, 7) is 0. The van der Waals surface area contributed by atoms with Crippen molar-refractivity contribution in [1.82, 2.24) is 20.4 Å². The number of nitrogen functional groups attached to an aromatic ring is 1. The molecule has 0 spiro atoms. The first-order chi connectivity index (χ1) is 3.84. The van der Waals surface area contributed by atoms with Crippen LogP contribution < -0.4 is 10.6 Å². The van der Waals surface area contributed by atoms with Crippen LogP contribution in [0.25, 0.3) is 0 Å². The van der Waals surface area contributed by atoms with Gasteiger partial charge in [-0.3, -0.25) is 0 Å². The molecule has 0 saturated heterocycles. The Labute approximate surface area is 45.2 Å². The van der Waals surface area contributed by atoms with Gasteiger partial charge in [0.05, 0.1) is 0 Å². The minimum atomic E-state index is 0.146. The van der Waals surface area contributed by atoms with Crippen LogP contribution in [0.4, 0.5) is 5.95 Å². The summed E-state index contributed by atoms with van der Waals surface area (Å²) in [6.07, 6.45) is 0. The third-order valence-corrected chi connectivity index (χ3v) is 0.637. The van der Waals surface area contributed by atoms with E-state index in [9.17, 15) is 0 Å². The fourth-order valence-corrected chi connectivity index (χ4v) is 0.316. The molecule has 44 valence electrons. The molecule has 0 aliphatic carbocycles. The van der Waals surface area contributed by atoms with Crippen molar-refractivity contribution in [3.05, 3.63) is 0 Å². The largest absolute Gasteiger partial charge is 0.396 e. The van der Waals surface area contributed by atoms with Gasteiger partial charge >= 0.3 is 0 Å². The number of hydrogen-bond donors (Lipinski definition) is 1. The van der Waals surface area contributed by atoms with Crippen LogP contribution in [0.3, 0.4) is 0 Å². The molecule has 0 bridgehead atoms. The average Bonchev–Trinajstić information content (AvgIpc) is 2.14. The van der Waals surface area contributed by atoms with Gasteiger partial charge in [-0.25, -0.2) is 0 Å². The molecule has 2 N–H and O–H groups in total. The van der Waals surface area contributed by atoms with E-state index in [0.29, 0.717) is 0 Å². The van der Waals surface area contributed by atoms with Gasteiger partial charge in [-0.2, -0.15) is 0 Å². The van der Waals surface area contributed by atoms with Gasteiger partial charge in [-0.05, 0) is 15.3 Å². The predicted octanol–water partition coefficient (Wildman–Crippen LogP) is -1.69. The van der Waals surface area contributed by atoms with Gasteiger partial charge in [0.1, 0.15) is 7.11 Å². The van der Waals surface area contributed by atoms with Gasteiger partial charge in [0, 0.05) is 0 Å². The number of nitrogens with zero attached hydrogens (tertiary/aromatic N) is 4. The van der Waals surface area contributed by atoms with Crippen molar-refractivity contribution < 1.29 is 4.84 Å². The molecule has 0 atom stereocenters. The molecule has 0 unspecified atom stereocenters. The molecule has 1 rings (SSSR count). The molecule has 0 aliphatic rings. The summed E-state index contributed by atoms with van der Waals surface area (Å²) >= 11 is 0. The zero-order valence-electron chi connectivity index (χ0n) is 4.27. The first-order valence-corrected chi connectivity index (χ1v) is 1.93.